The Kier molecular flexibility index (Phi) is 5.62. The fourth-order valence-electron chi connectivity index (χ4n) is 2.56. The van der Waals surface area contributed by atoms with Crippen LogP contribution >= 0.6 is 0 Å². The van der Waals surface area contributed by atoms with E-state index in [0.29, 0.717) is 6.21 Å². The quantitative estimate of drug-likeness (QED) is 0.787. The van der Waals surface area contributed by atoms with Gasteiger partial charge in [-0.1, -0.05) is 13.0 Å². The topological polar surface area (TPSA) is 66.9 Å². The van der Waals surface area contributed by atoms with Crippen LogP contribution in [0, 0.1) is 23.0 Å². The van der Waals surface area contributed by atoms with Crippen LogP contribution in [-0.4, -0.2) is 27.7 Å². The molecule has 2 atom stereocenters. The van der Waals surface area contributed by atoms with E-state index in [1.54, 1.807) is 6.92 Å². The molecule has 1 N–H and O–H groups in total. The van der Waals surface area contributed by atoms with Crippen molar-refractivity contribution < 1.29 is 13.2 Å². The van der Waals surface area contributed by atoms with Crippen LogP contribution in [0.3, 0.4) is 0 Å². The van der Waals surface area contributed by atoms with E-state index >= 15 is 0 Å². The Morgan fingerprint density at radius 1 is 1.46 bits per heavy atom. The lowest BCUT2D eigenvalue weighted by Gasteiger charge is -2.25. The number of nitrogens with one attached hydrogen (secondary N) is 1. The van der Waals surface area contributed by atoms with Crippen molar-refractivity contribution in [3.63, 3.8) is 0 Å². The number of nitrogens with zero attached hydrogens (tertiary/aromatic N) is 4. The molecule has 0 aliphatic rings. The minimum Gasteiger partial charge on any atom is -0.306 e. The first-order chi connectivity index (χ1) is 11.5. The summed E-state index contributed by atoms with van der Waals surface area (Å²) in [6, 6.07) is 3.22. The predicted octanol–water partition coefficient (Wildman–Crippen LogP) is 3.51. The van der Waals surface area contributed by atoms with Crippen LogP contribution in [0.1, 0.15) is 18.4 Å². The van der Waals surface area contributed by atoms with Crippen LogP contribution in [-0.2, 0) is 6.54 Å². The van der Waals surface area contributed by atoms with Gasteiger partial charge in [0.05, 0.1) is 18.5 Å². The SMILES string of the molecule is C=N/C(=C(/F)C=N)[C@H](C)[C@H](Cn1cncn1)c1ccc(F)cc1F. The molecule has 2 rings (SSSR count). The molecule has 0 radical (unpaired) electrons. The summed E-state index contributed by atoms with van der Waals surface area (Å²) >= 11 is 0. The number of halogens is 3. The normalized spacial score (nSPS) is 14.7. The highest BCUT2D eigenvalue weighted by Gasteiger charge is 2.28. The summed E-state index contributed by atoms with van der Waals surface area (Å²) in [6.07, 6.45) is 3.29. The van der Waals surface area contributed by atoms with Gasteiger partial charge in [0, 0.05) is 17.9 Å². The Labute approximate surface area is 137 Å². The number of allylic oxidation sites excluding steroid dienone is 2. The number of rotatable bonds is 7. The third-order valence-corrected chi connectivity index (χ3v) is 3.79. The fraction of sp³-hybridized carbons (Fsp3) is 0.250. The van der Waals surface area contributed by atoms with Gasteiger partial charge in [-0.3, -0.25) is 9.67 Å². The molecule has 0 saturated heterocycles. The third kappa shape index (κ3) is 3.76. The maximum atomic E-state index is 14.3. The van der Waals surface area contributed by atoms with E-state index in [0.717, 1.165) is 12.1 Å². The summed E-state index contributed by atoms with van der Waals surface area (Å²) in [6.45, 7) is 5.13. The second-order valence-electron chi connectivity index (χ2n) is 5.21. The molecule has 0 aliphatic heterocycles. The lowest BCUT2D eigenvalue weighted by molar-refractivity contribution is 0.405. The summed E-state index contributed by atoms with van der Waals surface area (Å²) in [5.41, 5.74) is 0.122. The summed E-state index contributed by atoms with van der Waals surface area (Å²) in [4.78, 5) is 7.46. The Bertz CT molecular complexity index is 755. The first-order valence-corrected chi connectivity index (χ1v) is 7.12. The second kappa shape index (κ2) is 7.67. The van der Waals surface area contributed by atoms with Gasteiger partial charge < -0.3 is 5.41 Å². The maximum absolute atomic E-state index is 14.3. The molecule has 24 heavy (non-hydrogen) atoms. The second-order valence-corrected chi connectivity index (χ2v) is 5.21. The highest BCUT2D eigenvalue weighted by molar-refractivity contribution is 5.74. The lowest BCUT2D eigenvalue weighted by atomic mass is 9.84. The summed E-state index contributed by atoms with van der Waals surface area (Å²) in [7, 11) is 0. The zero-order valence-corrected chi connectivity index (χ0v) is 13.0. The van der Waals surface area contributed by atoms with Gasteiger partial charge in [0.1, 0.15) is 24.3 Å². The molecule has 1 aromatic carbocycles. The number of hydrogen-bond donors (Lipinski definition) is 1. The van der Waals surface area contributed by atoms with Crippen LogP contribution < -0.4 is 0 Å². The number of aliphatic imine (C=N–C) groups is 1. The molecule has 0 spiro atoms. The van der Waals surface area contributed by atoms with Crippen molar-refractivity contribution in [1.29, 1.82) is 5.41 Å². The summed E-state index contributed by atoms with van der Waals surface area (Å²) in [5.74, 6) is -3.55. The average Bonchev–Trinajstić information content (AvgIpc) is 3.06. The smallest absolute Gasteiger partial charge is 0.162 e. The van der Waals surface area contributed by atoms with E-state index < -0.39 is 29.3 Å². The van der Waals surface area contributed by atoms with Gasteiger partial charge in [0.25, 0.3) is 0 Å². The van der Waals surface area contributed by atoms with Gasteiger partial charge in [0.2, 0.25) is 0 Å². The molecule has 0 fully saturated rings. The van der Waals surface area contributed by atoms with E-state index in [1.165, 1.54) is 23.4 Å². The molecule has 2 aromatic rings. The van der Waals surface area contributed by atoms with Crippen LogP contribution in [0.2, 0.25) is 0 Å². The minimum atomic E-state index is -0.858. The average molecular weight is 335 g/mol. The molecule has 0 amide bonds. The highest BCUT2D eigenvalue weighted by Crippen LogP contribution is 2.34. The Morgan fingerprint density at radius 2 is 2.21 bits per heavy atom. The van der Waals surface area contributed by atoms with Crippen molar-refractivity contribution in [3.05, 3.63) is 59.6 Å². The van der Waals surface area contributed by atoms with Crippen LogP contribution in [0.4, 0.5) is 13.2 Å². The summed E-state index contributed by atoms with van der Waals surface area (Å²) in [5, 5.41) is 11.0. The minimum absolute atomic E-state index is 0.0705. The molecule has 126 valence electrons. The Balaban J connectivity index is 2.49. The monoisotopic (exact) mass is 335 g/mol. The standard InChI is InChI=1S/C16H16F3N5/c1-10(16(21-2)15(19)6-20)13(7-24-9-22-8-23-24)12-4-3-11(17)5-14(12)18/h3-6,8-10,13,20H,2,7H2,1H3/b16-15+,20-6?/t10-,13+/m1/s1. The molecule has 0 aliphatic carbocycles. The van der Waals surface area contributed by atoms with Crippen molar-refractivity contribution in [2.24, 2.45) is 10.9 Å². The van der Waals surface area contributed by atoms with Crippen molar-refractivity contribution >= 4 is 12.9 Å². The van der Waals surface area contributed by atoms with Gasteiger partial charge in [-0.25, -0.2) is 18.2 Å². The number of hydrogen-bond acceptors (Lipinski definition) is 4. The van der Waals surface area contributed by atoms with E-state index in [9.17, 15) is 13.2 Å². The number of benzene rings is 1. The third-order valence-electron chi connectivity index (χ3n) is 3.79. The number of aromatic nitrogens is 3. The van der Waals surface area contributed by atoms with Gasteiger partial charge in [-0.15, -0.1) is 0 Å². The van der Waals surface area contributed by atoms with E-state index in [1.807, 2.05) is 0 Å². The van der Waals surface area contributed by atoms with Gasteiger partial charge in [-0.05, 0) is 18.3 Å². The van der Waals surface area contributed by atoms with Crippen molar-refractivity contribution in [1.82, 2.24) is 14.8 Å². The molecular weight excluding hydrogens is 319 g/mol. The maximum Gasteiger partial charge on any atom is 0.162 e. The largest absolute Gasteiger partial charge is 0.306 e. The molecule has 1 aromatic heterocycles. The molecule has 1 heterocycles. The van der Waals surface area contributed by atoms with Crippen molar-refractivity contribution in [3.8, 4) is 0 Å². The fourth-order valence-corrected chi connectivity index (χ4v) is 2.56. The first kappa shape index (κ1) is 17.6. The van der Waals surface area contributed by atoms with Crippen LogP contribution in [0.25, 0.3) is 0 Å². The first-order valence-electron chi connectivity index (χ1n) is 7.12. The Morgan fingerprint density at radius 3 is 2.75 bits per heavy atom. The van der Waals surface area contributed by atoms with Crippen molar-refractivity contribution in [2.45, 2.75) is 19.4 Å². The van der Waals surface area contributed by atoms with Crippen molar-refractivity contribution in [2.75, 3.05) is 0 Å². The summed E-state index contributed by atoms with van der Waals surface area (Å²) < 4.78 is 42.8. The van der Waals surface area contributed by atoms with Gasteiger partial charge >= 0.3 is 0 Å². The van der Waals surface area contributed by atoms with Gasteiger partial charge in [0.15, 0.2) is 5.83 Å². The van der Waals surface area contributed by atoms with Crippen LogP contribution in [0.15, 0.2) is 47.4 Å². The van der Waals surface area contributed by atoms with E-state index in [4.69, 9.17) is 5.41 Å². The molecular formula is C16H16F3N5. The molecule has 8 heteroatoms. The molecule has 0 bridgehead atoms. The van der Waals surface area contributed by atoms with E-state index in [2.05, 4.69) is 21.8 Å². The molecule has 0 saturated carbocycles. The highest BCUT2D eigenvalue weighted by atomic mass is 19.1. The molecule has 5 nitrogen and oxygen atoms in total. The molecule has 0 unspecified atom stereocenters. The van der Waals surface area contributed by atoms with Crippen LogP contribution in [0.5, 0.6) is 0 Å². The zero-order chi connectivity index (χ0) is 17.7. The zero-order valence-electron chi connectivity index (χ0n) is 13.0. The van der Waals surface area contributed by atoms with Gasteiger partial charge in [-0.2, -0.15) is 5.10 Å². The predicted molar refractivity (Wildman–Crippen MR) is 84.8 cm³/mol. The van der Waals surface area contributed by atoms with E-state index in [-0.39, 0.29) is 17.8 Å². The lowest BCUT2D eigenvalue weighted by Crippen LogP contribution is -2.20. The Hall–Kier alpha value is -2.77.